The highest BCUT2D eigenvalue weighted by molar-refractivity contribution is 7.98. The molecule has 0 unspecified atom stereocenters. The second-order valence-corrected chi connectivity index (χ2v) is 5.56. The van der Waals surface area contributed by atoms with Crippen LogP contribution >= 0.6 is 11.8 Å². The second kappa shape index (κ2) is 7.78. The van der Waals surface area contributed by atoms with Crippen LogP contribution in [0.4, 0.5) is 14.9 Å². The lowest BCUT2D eigenvalue weighted by molar-refractivity contribution is 0.0994. The molecule has 0 aliphatic heterocycles. The van der Waals surface area contributed by atoms with Gasteiger partial charge in [0, 0.05) is 17.0 Å². The van der Waals surface area contributed by atoms with Crippen LogP contribution in [0.2, 0.25) is 0 Å². The summed E-state index contributed by atoms with van der Waals surface area (Å²) in [7, 11) is 0. The SMILES string of the molecule is CCNC(=O)N(C(=O)c1ccc(F)cc1)c1ccc(SC)cc1. The van der Waals surface area contributed by atoms with Gasteiger partial charge in [-0.05, 0) is 61.7 Å². The molecule has 0 spiro atoms. The van der Waals surface area contributed by atoms with E-state index in [1.54, 1.807) is 30.8 Å². The summed E-state index contributed by atoms with van der Waals surface area (Å²) < 4.78 is 13.0. The van der Waals surface area contributed by atoms with E-state index in [4.69, 9.17) is 0 Å². The fourth-order valence-corrected chi connectivity index (χ4v) is 2.42. The Hall–Kier alpha value is -2.34. The van der Waals surface area contributed by atoms with Gasteiger partial charge in [-0.15, -0.1) is 11.8 Å². The molecule has 0 radical (unpaired) electrons. The first kappa shape index (κ1) is 17.0. The Balaban J connectivity index is 2.38. The molecule has 2 aromatic carbocycles. The number of halogens is 1. The van der Waals surface area contributed by atoms with Crippen molar-refractivity contribution in [1.29, 1.82) is 0 Å². The summed E-state index contributed by atoms with van der Waals surface area (Å²) in [6.07, 6.45) is 1.94. The highest BCUT2D eigenvalue weighted by atomic mass is 32.2. The van der Waals surface area contributed by atoms with E-state index in [1.807, 2.05) is 18.4 Å². The number of amides is 3. The summed E-state index contributed by atoms with van der Waals surface area (Å²) >= 11 is 1.57. The predicted octanol–water partition coefficient (Wildman–Crippen LogP) is 3.92. The lowest BCUT2D eigenvalue weighted by Gasteiger charge is -2.21. The molecule has 0 bridgehead atoms. The van der Waals surface area contributed by atoms with Crippen LogP contribution in [0.1, 0.15) is 17.3 Å². The van der Waals surface area contributed by atoms with Crippen LogP contribution in [0, 0.1) is 5.82 Å². The second-order valence-electron chi connectivity index (χ2n) is 4.68. The lowest BCUT2D eigenvalue weighted by Crippen LogP contribution is -2.44. The van der Waals surface area contributed by atoms with E-state index in [1.165, 1.54) is 24.3 Å². The van der Waals surface area contributed by atoms with Crippen molar-refractivity contribution in [3.8, 4) is 0 Å². The Morgan fingerprint density at radius 1 is 1.09 bits per heavy atom. The first-order valence-electron chi connectivity index (χ1n) is 7.08. The van der Waals surface area contributed by atoms with Crippen molar-refractivity contribution in [1.82, 2.24) is 5.32 Å². The third-order valence-electron chi connectivity index (χ3n) is 3.16. The number of rotatable bonds is 4. The number of carbonyl (C=O) groups excluding carboxylic acids is 2. The number of hydrogen-bond donors (Lipinski definition) is 1. The van der Waals surface area contributed by atoms with Crippen molar-refractivity contribution in [3.05, 3.63) is 59.9 Å². The van der Waals surface area contributed by atoms with Gasteiger partial charge in [0.1, 0.15) is 5.82 Å². The number of thioether (sulfide) groups is 1. The van der Waals surface area contributed by atoms with Gasteiger partial charge < -0.3 is 5.32 Å². The van der Waals surface area contributed by atoms with Crippen molar-refractivity contribution >= 4 is 29.4 Å². The summed E-state index contributed by atoms with van der Waals surface area (Å²) in [6, 6.07) is 11.7. The molecule has 0 atom stereocenters. The van der Waals surface area contributed by atoms with E-state index in [-0.39, 0.29) is 5.56 Å². The number of carbonyl (C=O) groups is 2. The molecule has 2 rings (SSSR count). The standard InChI is InChI=1S/C17H17FN2O2S/c1-3-19-17(22)20(14-8-10-15(23-2)11-9-14)16(21)12-4-6-13(18)7-5-12/h4-11H,3H2,1-2H3,(H,19,22). The molecule has 0 aliphatic rings. The summed E-state index contributed by atoms with van der Waals surface area (Å²) in [5, 5.41) is 2.62. The highest BCUT2D eigenvalue weighted by Crippen LogP contribution is 2.22. The van der Waals surface area contributed by atoms with Gasteiger partial charge in [0.25, 0.3) is 5.91 Å². The van der Waals surface area contributed by atoms with E-state index in [0.717, 1.165) is 9.80 Å². The Kier molecular flexibility index (Phi) is 5.76. The number of nitrogens with one attached hydrogen (secondary N) is 1. The lowest BCUT2D eigenvalue weighted by atomic mass is 10.2. The van der Waals surface area contributed by atoms with Gasteiger partial charge >= 0.3 is 6.03 Å². The van der Waals surface area contributed by atoms with Crippen molar-refractivity contribution in [2.75, 3.05) is 17.7 Å². The molecule has 120 valence electrons. The molecule has 0 saturated heterocycles. The predicted molar refractivity (Wildman–Crippen MR) is 90.5 cm³/mol. The average molecular weight is 332 g/mol. The van der Waals surface area contributed by atoms with Crippen LogP contribution in [-0.4, -0.2) is 24.7 Å². The van der Waals surface area contributed by atoms with Crippen molar-refractivity contribution in [3.63, 3.8) is 0 Å². The molecule has 0 aliphatic carbocycles. The number of hydrogen-bond acceptors (Lipinski definition) is 3. The maximum Gasteiger partial charge on any atom is 0.329 e. The molecule has 1 N–H and O–H groups in total. The van der Waals surface area contributed by atoms with E-state index >= 15 is 0 Å². The van der Waals surface area contributed by atoms with Crippen LogP contribution in [0.5, 0.6) is 0 Å². The van der Waals surface area contributed by atoms with Crippen LogP contribution < -0.4 is 10.2 Å². The zero-order valence-corrected chi connectivity index (χ0v) is 13.7. The maximum atomic E-state index is 13.0. The number of benzene rings is 2. The van der Waals surface area contributed by atoms with Gasteiger partial charge in [-0.3, -0.25) is 4.79 Å². The van der Waals surface area contributed by atoms with Gasteiger partial charge in [0.2, 0.25) is 0 Å². The third kappa shape index (κ3) is 4.10. The van der Waals surface area contributed by atoms with E-state index in [2.05, 4.69) is 5.32 Å². The largest absolute Gasteiger partial charge is 0.338 e. The molecule has 6 heteroatoms. The molecule has 0 heterocycles. The monoisotopic (exact) mass is 332 g/mol. The first-order chi connectivity index (χ1) is 11.1. The Morgan fingerprint density at radius 3 is 2.22 bits per heavy atom. The van der Waals surface area contributed by atoms with Gasteiger partial charge in [-0.25, -0.2) is 14.1 Å². The molecule has 0 fully saturated rings. The summed E-state index contributed by atoms with van der Waals surface area (Å²) in [5.41, 5.74) is 0.703. The summed E-state index contributed by atoms with van der Waals surface area (Å²) in [5.74, 6) is -0.941. The van der Waals surface area contributed by atoms with Gasteiger partial charge in [-0.2, -0.15) is 0 Å². The average Bonchev–Trinajstić information content (AvgIpc) is 2.56. The van der Waals surface area contributed by atoms with Crippen molar-refractivity contribution in [2.24, 2.45) is 0 Å². The summed E-state index contributed by atoms with van der Waals surface area (Å²) in [4.78, 5) is 27.0. The van der Waals surface area contributed by atoms with E-state index < -0.39 is 17.8 Å². The van der Waals surface area contributed by atoms with E-state index in [0.29, 0.717) is 12.2 Å². The molecular formula is C17H17FN2O2S. The van der Waals surface area contributed by atoms with Crippen molar-refractivity contribution < 1.29 is 14.0 Å². The molecule has 4 nitrogen and oxygen atoms in total. The number of urea groups is 1. The molecule has 23 heavy (non-hydrogen) atoms. The minimum absolute atomic E-state index is 0.242. The van der Waals surface area contributed by atoms with Crippen LogP contribution in [-0.2, 0) is 0 Å². The Bertz CT molecular complexity index is 687. The number of imide groups is 1. The normalized spacial score (nSPS) is 10.2. The van der Waals surface area contributed by atoms with E-state index in [9.17, 15) is 14.0 Å². The highest BCUT2D eigenvalue weighted by Gasteiger charge is 2.24. The van der Waals surface area contributed by atoms with Crippen LogP contribution in [0.25, 0.3) is 0 Å². The molecule has 3 amide bonds. The number of nitrogens with zero attached hydrogens (tertiary/aromatic N) is 1. The topological polar surface area (TPSA) is 49.4 Å². The smallest absolute Gasteiger partial charge is 0.329 e. The fourth-order valence-electron chi connectivity index (χ4n) is 2.01. The molecule has 0 saturated carbocycles. The Morgan fingerprint density at radius 2 is 1.70 bits per heavy atom. The van der Waals surface area contributed by atoms with Crippen LogP contribution in [0.15, 0.2) is 53.4 Å². The molecule has 0 aromatic heterocycles. The molecular weight excluding hydrogens is 315 g/mol. The fraction of sp³-hybridized carbons (Fsp3) is 0.176. The summed E-state index contributed by atoms with van der Waals surface area (Å²) in [6.45, 7) is 2.17. The zero-order valence-electron chi connectivity index (χ0n) is 12.9. The van der Waals surface area contributed by atoms with Gasteiger partial charge in [0.15, 0.2) is 0 Å². The number of anilines is 1. The van der Waals surface area contributed by atoms with Gasteiger partial charge in [-0.1, -0.05) is 0 Å². The maximum absolute atomic E-state index is 13.0. The minimum atomic E-state index is -0.515. The van der Waals surface area contributed by atoms with Gasteiger partial charge in [0.05, 0.1) is 5.69 Å². The quantitative estimate of drug-likeness (QED) is 0.863. The Labute approximate surface area is 138 Å². The minimum Gasteiger partial charge on any atom is -0.338 e. The third-order valence-corrected chi connectivity index (χ3v) is 3.90. The first-order valence-corrected chi connectivity index (χ1v) is 8.31. The van der Waals surface area contributed by atoms with Crippen LogP contribution in [0.3, 0.4) is 0 Å². The van der Waals surface area contributed by atoms with Crippen molar-refractivity contribution in [2.45, 2.75) is 11.8 Å². The zero-order chi connectivity index (χ0) is 16.8. The molecule has 2 aromatic rings.